The van der Waals surface area contributed by atoms with Crippen molar-refractivity contribution in [3.05, 3.63) is 35.4 Å². The quantitative estimate of drug-likeness (QED) is 0.867. The minimum Gasteiger partial charge on any atom is -0.349 e. The highest BCUT2D eigenvalue weighted by Crippen LogP contribution is 2.18. The zero-order chi connectivity index (χ0) is 14.4. The molecule has 0 spiro atoms. The van der Waals surface area contributed by atoms with E-state index in [2.05, 4.69) is 5.32 Å². The van der Waals surface area contributed by atoms with Crippen LogP contribution < -0.4 is 5.32 Å². The molecule has 1 aromatic rings. The smallest absolute Gasteiger partial charge is 0.251 e. The molecular weight excluding hydrogens is 270 g/mol. The number of carbonyl (C=O) groups is 1. The lowest BCUT2D eigenvalue weighted by molar-refractivity contribution is 0.0933. The number of hydrogen-bond acceptors (Lipinski definition) is 2. The second kappa shape index (κ2) is 7.58. The number of benzene rings is 1. The summed E-state index contributed by atoms with van der Waals surface area (Å²) in [5, 5.41) is 3.14. The van der Waals surface area contributed by atoms with Crippen molar-refractivity contribution in [2.24, 2.45) is 0 Å². The van der Waals surface area contributed by atoms with E-state index in [0.717, 1.165) is 18.4 Å². The second-order valence-electron chi connectivity index (χ2n) is 5.58. The molecule has 20 heavy (non-hydrogen) atoms. The van der Waals surface area contributed by atoms with E-state index >= 15 is 0 Å². The van der Waals surface area contributed by atoms with Crippen molar-refractivity contribution in [1.82, 2.24) is 5.32 Å². The van der Waals surface area contributed by atoms with Crippen molar-refractivity contribution in [2.75, 3.05) is 6.26 Å². The number of carbonyl (C=O) groups excluding carboxylic acids is 1. The van der Waals surface area contributed by atoms with E-state index < -0.39 is 10.8 Å². The van der Waals surface area contributed by atoms with Gasteiger partial charge in [-0.3, -0.25) is 9.00 Å². The topological polar surface area (TPSA) is 46.2 Å². The maximum absolute atomic E-state index is 12.3. The van der Waals surface area contributed by atoms with Crippen LogP contribution in [0.15, 0.2) is 24.3 Å². The molecule has 0 bridgehead atoms. The third kappa shape index (κ3) is 4.75. The third-order valence-electron chi connectivity index (χ3n) is 3.75. The van der Waals surface area contributed by atoms with Crippen molar-refractivity contribution >= 4 is 16.7 Å². The molecule has 3 nitrogen and oxygen atoms in total. The Balaban J connectivity index is 1.99. The average Bonchev–Trinajstić information content (AvgIpc) is 2.67. The fraction of sp³-hybridized carbons (Fsp3) is 0.562. The molecule has 1 aliphatic carbocycles. The summed E-state index contributed by atoms with van der Waals surface area (Å²) in [6.45, 7) is 0. The molecule has 0 saturated heterocycles. The summed E-state index contributed by atoms with van der Waals surface area (Å²) in [5.74, 6) is 0.505. The SMILES string of the molecule is CS(=O)Cc1cccc(C(=O)NC2CCCCCC2)c1. The first-order valence-electron chi connectivity index (χ1n) is 7.35. The maximum atomic E-state index is 12.3. The lowest BCUT2D eigenvalue weighted by Crippen LogP contribution is -2.34. The van der Waals surface area contributed by atoms with Crippen LogP contribution in [0.3, 0.4) is 0 Å². The Bertz CT molecular complexity index is 479. The van der Waals surface area contributed by atoms with Gasteiger partial charge in [0, 0.05) is 34.4 Å². The Morgan fingerprint density at radius 3 is 2.60 bits per heavy atom. The summed E-state index contributed by atoms with van der Waals surface area (Å²) < 4.78 is 11.3. The van der Waals surface area contributed by atoms with Crippen LogP contribution in [0.4, 0.5) is 0 Å². The summed E-state index contributed by atoms with van der Waals surface area (Å²) in [5.41, 5.74) is 1.64. The van der Waals surface area contributed by atoms with Gasteiger partial charge < -0.3 is 5.32 Å². The standard InChI is InChI=1S/C16H23NO2S/c1-20(19)12-13-7-6-8-14(11-13)16(18)17-15-9-4-2-3-5-10-15/h6-8,11,15H,2-5,9-10,12H2,1H3,(H,17,18). The highest BCUT2D eigenvalue weighted by atomic mass is 32.2. The van der Waals surface area contributed by atoms with Crippen LogP contribution >= 0.6 is 0 Å². The van der Waals surface area contributed by atoms with Crippen LogP contribution in [0.1, 0.15) is 54.4 Å². The Labute approximate surface area is 123 Å². The van der Waals surface area contributed by atoms with Gasteiger partial charge in [-0.25, -0.2) is 0 Å². The fourth-order valence-corrected chi connectivity index (χ4v) is 3.38. The van der Waals surface area contributed by atoms with Crippen LogP contribution in [0.2, 0.25) is 0 Å². The van der Waals surface area contributed by atoms with Crippen molar-refractivity contribution in [3.63, 3.8) is 0 Å². The van der Waals surface area contributed by atoms with Gasteiger partial charge in [-0.15, -0.1) is 0 Å². The van der Waals surface area contributed by atoms with Gasteiger partial charge in [0.15, 0.2) is 0 Å². The van der Waals surface area contributed by atoms with E-state index in [0.29, 0.717) is 17.4 Å². The number of rotatable bonds is 4. The molecule has 0 heterocycles. The Kier molecular flexibility index (Phi) is 5.77. The highest BCUT2D eigenvalue weighted by Gasteiger charge is 2.15. The molecule has 1 unspecified atom stereocenters. The Hall–Kier alpha value is -1.16. The van der Waals surface area contributed by atoms with Gasteiger partial charge in [0.2, 0.25) is 0 Å². The molecule has 1 N–H and O–H groups in total. The lowest BCUT2D eigenvalue weighted by Gasteiger charge is -2.16. The molecule has 1 aromatic carbocycles. The number of amides is 1. The molecule has 0 aromatic heterocycles. The molecule has 0 radical (unpaired) electrons. The van der Waals surface area contributed by atoms with Gasteiger partial charge in [-0.1, -0.05) is 37.8 Å². The van der Waals surface area contributed by atoms with E-state index in [9.17, 15) is 9.00 Å². The van der Waals surface area contributed by atoms with E-state index in [4.69, 9.17) is 0 Å². The molecule has 2 rings (SSSR count). The molecule has 1 saturated carbocycles. The lowest BCUT2D eigenvalue weighted by atomic mass is 10.1. The van der Waals surface area contributed by atoms with Gasteiger partial charge in [-0.05, 0) is 30.5 Å². The van der Waals surface area contributed by atoms with Crippen LogP contribution in [-0.2, 0) is 16.6 Å². The van der Waals surface area contributed by atoms with Crippen LogP contribution in [0, 0.1) is 0 Å². The number of hydrogen-bond donors (Lipinski definition) is 1. The largest absolute Gasteiger partial charge is 0.349 e. The molecule has 1 atom stereocenters. The van der Waals surface area contributed by atoms with E-state index in [1.54, 1.807) is 6.26 Å². The number of nitrogens with one attached hydrogen (secondary N) is 1. The minimum absolute atomic E-state index is 0.000588. The normalized spacial score (nSPS) is 18.2. The van der Waals surface area contributed by atoms with Gasteiger partial charge in [-0.2, -0.15) is 0 Å². The van der Waals surface area contributed by atoms with E-state index in [-0.39, 0.29) is 5.91 Å². The summed E-state index contributed by atoms with van der Waals surface area (Å²) in [6, 6.07) is 7.78. The van der Waals surface area contributed by atoms with Crippen LogP contribution in [-0.4, -0.2) is 22.4 Å². The maximum Gasteiger partial charge on any atom is 0.251 e. The Morgan fingerprint density at radius 2 is 1.95 bits per heavy atom. The summed E-state index contributed by atoms with van der Waals surface area (Å²) in [7, 11) is -0.878. The molecule has 4 heteroatoms. The van der Waals surface area contributed by atoms with Gasteiger partial charge in [0.1, 0.15) is 0 Å². The first-order valence-corrected chi connectivity index (χ1v) is 9.07. The molecule has 1 fully saturated rings. The highest BCUT2D eigenvalue weighted by molar-refractivity contribution is 7.83. The first-order chi connectivity index (χ1) is 9.65. The van der Waals surface area contributed by atoms with Crippen molar-refractivity contribution in [2.45, 2.75) is 50.3 Å². The molecular formula is C16H23NO2S. The molecule has 0 aliphatic heterocycles. The zero-order valence-corrected chi connectivity index (χ0v) is 12.9. The summed E-state index contributed by atoms with van der Waals surface area (Å²) in [6.07, 6.45) is 8.83. The van der Waals surface area contributed by atoms with Crippen molar-refractivity contribution in [3.8, 4) is 0 Å². The third-order valence-corrected chi connectivity index (χ3v) is 4.49. The second-order valence-corrected chi connectivity index (χ2v) is 7.01. The van der Waals surface area contributed by atoms with Gasteiger partial charge in [0.05, 0.1) is 0 Å². The minimum atomic E-state index is -0.878. The van der Waals surface area contributed by atoms with Crippen molar-refractivity contribution in [1.29, 1.82) is 0 Å². The average molecular weight is 293 g/mol. The summed E-state index contributed by atoms with van der Waals surface area (Å²) in [4.78, 5) is 12.3. The predicted octanol–water partition coefficient (Wildman–Crippen LogP) is 3.02. The molecule has 1 amide bonds. The molecule has 110 valence electrons. The molecule has 1 aliphatic rings. The van der Waals surface area contributed by atoms with E-state index in [1.165, 1.54) is 25.7 Å². The first kappa shape index (κ1) is 15.2. The van der Waals surface area contributed by atoms with Crippen molar-refractivity contribution < 1.29 is 9.00 Å². The fourth-order valence-electron chi connectivity index (χ4n) is 2.73. The van der Waals surface area contributed by atoms with Gasteiger partial charge >= 0.3 is 0 Å². The van der Waals surface area contributed by atoms with E-state index in [1.807, 2.05) is 24.3 Å². The van der Waals surface area contributed by atoms with Gasteiger partial charge in [0.25, 0.3) is 5.91 Å². The zero-order valence-electron chi connectivity index (χ0n) is 12.1. The monoisotopic (exact) mass is 293 g/mol. The Morgan fingerprint density at radius 1 is 1.25 bits per heavy atom. The van der Waals surface area contributed by atoms with Crippen LogP contribution in [0.25, 0.3) is 0 Å². The predicted molar refractivity (Wildman–Crippen MR) is 83.2 cm³/mol. The summed E-state index contributed by atoms with van der Waals surface area (Å²) >= 11 is 0. The van der Waals surface area contributed by atoms with Crippen LogP contribution in [0.5, 0.6) is 0 Å².